The number of anilines is 2. The first-order valence-electron chi connectivity index (χ1n) is 8.95. The van der Waals surface area contributed by atoms with E-state index in [1.807, 2.05) is 0 Å². The number of aromatic nitrogens is 1. The number of hydrogen-bond donors (Lipinski definition) is 5. The van der Waals surface area contributed by atoms with Crippen molar-refractivity contribution in [3.63, 3.8) is 0 Å². The lowest BCUT2D eigenvalue weighted by Crippen LogP contribution is -2.15. The van der Waals surface area contributed by atoms with Crippen molar-refractivity contribution in [1.82, 2.24) is 4.98 Å². The molecule has 6 N–H and O–H groups in total. The summed E-state index contributed by atoms with van der Waals surface area (Å²) in [5.74, 6) is 5.95. The fourth-order valence-electron chi connectivity index (χ4n) is 2.84. The van der Waals surface area contributed by atoms with Crippen LogP contribution in [-0.2, 0) is 22.9 Å². The van der Waals surface area contributed by atoms with Gasteiger partial charge in [-0.25, -0.2) is 19.2 Å². The van der Waals surface area contributed by atoms with E-state index in [1.165, 1.54) is 37.6 Å². The molecule has 0 bridgehead atoms. The number of phenolic OH excluding ortho intramolecular Hbond substituents is 2. The van der Waals surface area contributed by atoms with E-state index < -0.39 is 10.0 Å². The molecule has 30 heavy (non-hydrogen) atoms. The Morgan fingerprint density at radius 2 is 1.80 bits per heavy atom. The van der Waals surface area contributed by atoms with Crippen LogP contribution in [0.15, 0.2) is 59.6 Å². The fourth-order valence-corrected chi connectivity index (χ4v) is 3.86. The van der Waals surface area contributed by atoms with Gasteiger partial charge in [-0.3, -0.25) is 4.72 Å². The maximum absolute atomic E-state index is 12.6. The lowest BCUT2D eigenvalue weighted by molar-refractivity contribution is 0.413. The third kappa shape index (κ3) is 4.91. The highest BCUT2D eigenvalue weighted by Crippen LogP contribution is 2.26. The number of aryl methyl sites for hydroxylation is 2. The summed E-state index contributed by atoms with van der Waals surface area (Å²) < 4.78 is 32.8. The number of ether oxygens (including phenoxy) is 1. The van der Waals surface area contributed by atoms with Crippen molar-refractivity contribution in [3.05, 3.63) is 65.9 Å². The number of pyridine rings is 1. The van der Waals surface area contributed by atoms with Crippen LogP contribution >= 0.6 is 0 Å². The van der Waals surface area contributed by atoms with E-state index >= 15 is 0 Å². The number of aromatic hydroxyl groups is 2. The van der Waals surface area contributed by atoms with Crippen molar-refractivity contribution in [2.45, 2.75) is 17.7 Å². The number of sulfonamides is 1. The van der Waals surface area contributed by atoms with Gasteiger partial charge in [-0.05, 0) is 54.3 Å². The molecule has 0 aliphatic rings. The lowest BCUT2D eigenvalue weighted by Gasteiger charge is -2.11. The van der Waals surface area contributed by atoms with Crippen molar-refractivity contribution in [2.75, 3.05) is 17.3 Å². The summed E-state index contributed by atoms with van der Waals surface area (Å²) in [6.45, 7) is 0. The van der Waals surface area contributed by atoms with Gasteiger partial charge >= 0.3 is 0 Å². The maximum Gasteiger partial charge on any atom is 0.263 e. The van der Waals surface area contributed by atoms with Crippen LogP contribution in [0.25, 0.3) is 0 Å². The van der Waals surface area contributed by atoms with Crippen LogP contribution in [-0.4, -0.2) is 30.7 Å². The van der Waals surface area contributed by atoms with Gasteiger partial charge < -0.3 is 20.4 Å². The third-order valence-corrected chi connectivity index (χ3v) is 5.80. The molecule has 9 nitrogen and oxygen atoms in total. The molecule has 158 valence electrons. The van der Waals surface area contributed by atoms with Crippen LogP contribution in [0.4, 0.5) is 11.5 Å². The molecule has 2 aromatic carbocycles. The smallest absolute Gasteiger partial charge is 0.263 e. The van der Waals surface area contributed by atoms with Crippen LogP contribution < -0.4 is 20.7 Å². The first-order valence-corrected chi connectivity index (χ1v) is 10.4. The summed E-state index contributed by atoms with van der Waals surface area (Å²) in [5.41, 5.74) is 4.30. The second kappa shape index (κ2) is 8.89. The van der Waals surface area contributed by atoms with Crippen LogP contribution in [0.5, 0.6) is 17.2 Å². The standard InChI is InChI=1S/C20H22N4O5S/c1-29-19-11-17(12-22-20(19)23-21)30(27,28)24-15-6-3-13(4-7-15)2-5-14-10-16(25)8-9-18(14)26/h3-4,6-12,24-26H,2,5,21H2,1H3,(H,22,23). The van der Waals surface area contributed by atoms with Gasteiger partial charge in [0.05, 0.1) is 13.3 Å². The molecule has 3 aromatic rings. The monoisotopic (exact) mass is 430 g/mol. The summed E-state index contributed by atoms with van der Waals surface area (Å²) in [7, 11) is -2.49. The minimum Gasteiger partial charge on any atom is -0.508 e. The predicted octanol–water partition coefficient (Wildman–Crippen LogP) is 2.37. The second-order valence-corrected chi connectivity index (χ2v) is 8.16. The number of hydrazine groups is 1. The molecule has 0 saturated carbocycles. The molecule has 0 saturated heterocycles. The minimum atomic E-state index is -3.87. The van der Waals surface area contributed by atoms with E-state index in [2.05, 4.69) is 15.1 Å². The van der Waals surface area contributed by atoms with Crippen molar-refractivity contribution in [2.24, 2.45) is 5.84 Å². The summed E-state index contributed by atoms with van der Waals surface area (Å²) in [6.07, 6.45) is 2.31. The van der Waals surface area contributed by atoms with E-state index in [0.29, 0.717) is 24.1 Å². The molecule has 0 fully saturated rings. The van der Waals surface area contributed by atoms with Gasteiger partial charge in [-0.15, -0.1) is 0 Å². The van der Waals surface area contributed by atoms with E-state index in [0.717, 1.165) is 5.56 Å². The van der Waals surface area contributed by atoms with Crippen molar-refractivity contribution in [1.29, 1.82) is 0 Å². The highest BCUT2D eigenvalue weighted by Gasteiger charge is 2.18. The van der Waals surface area contributed by atoms with E-state index in [1.54, 1.807) is 24.3 Å². The first kappa shape index (κ1) is 21.2. The van der Waals surface area contributed by atoms with E-state index in [9.17, 15) is 18.6 Å². The van der Waals surface area contributed by atoms with Crippen molar-refractivity contribution < 1.29 is 23.4 Å². The largest absolute Gasteiger partial charge is 0.508 e. The van der Waals surface area contributed by atoms with E-state index in [4.69, 9.17) is 10.6 Å². The van der Waals surface area contributed by atoms with Gasteiger partial charge in [0.15, 0.2) is 11.6 Å². The maximum atomic E-state index is 12.6. The molecule has 10 heteroatoms. The molecule has 1 aromatic heterocycles. The normalized spacial score (nSPS) is 11.1. The first-order chi connectivity index (χ1) is 14.3. The van der Waals surface area contributed by atoms with Crippen molar-refractivity contribution >= 4 is 21.5 Å². The quantitative estimate of drug-likeness (QED) is 0.208. The Morgan fingerprint density at radius 1 is 1.07 bits per heavy atom. The molecule has 0 spiro atoms. The van der Waals surface area contributed by atoms with Gasteiger partial charge in [0, 0.05) is 11.8 Å². The molecule has 0 aliphatic heterocycles. The lowest BCUT2D eigenvalue weighted by atomic mass is 10.0. The molecule has 0 unspecified atom stereocenters. The van der Waals surface area contributed by atoms with Gasteiger partial charge in [0.1, 0.15) is 16.4 Å². The summed E-state index contributed by atoms with van der Waals surface area (Å²) in [4.78, 5) is 3.87. The Morgan fingerprint density at radius 3 is 2.47 bits per heavy atom. The Hall–Kier alpha value is -3.50. The number of nitrogen functional groups attached to an aromatic ring is 1. The number of nitrogens with two attached hydrogens (primary N) is 1. The number of methoxy groups -OCH3 is 1. The zero-order valence-corrected chi connectivity index (χ0v) is 17.0. The second-order valence-electron chi connectivity index (χ2n) is 6.48. The number of phenols is 2. The topological polar surface area (TPSA) is 147 Å². The van der Waals surface area contributed by atoms with Crippen LogP contribution in [0.3, 0.4) is 0 Å². The number of benzene rings is 2. The fraction of sp³-hybridized carbons (Fsp3) is 0.150. The van der Waals surface area contributed by atoms with Crippen LogP contribution in [0.2, 0.25) is 0 Å². The van der Waals surface area contributed by atoms with Gasteiger partial charge in [-0.2, -0.15) is 0 Å². The molecular weight excluding hydrogens is 408 g/mol. The average molecular weight is 430 g/mol. The highest BCUT2D eigenvalue weighted by atomic mass is 32.2. The average Bonchev–Trinajstić information content (AvgIpc) is 2.74. The molecule has 0 amide bonds. The third-order valence-electron chi connectivity index (χ3n) is 4.45. The van der Waals surface area contributed by atoms with Gasteiger partial charge in [-0.1, -0.05) is 12.1 Å². The molecule has 0 aliphatic carbocycles. The van der Waals surface area contributed by atoms with E-state index in [-0.39, 0.29) is 28.0 Å². The summed E-state index contributed by atoms with van der Waals surface area (Å²) >= 11 is 0. The summed E-state index contributed by atoms with van der Waals surface area (Å²) in [5, 5.41) is 19.4. The highest BCUT2D eigenvalue weighted by molar-refractivity contribution is 7.92. The zero-order chi connectivity index (χ0) is 21.7. The van der Waals surface area contributed by atoms with Crippen molar-refractivity contribution in [3.8, 4) is 17.2 Å². The predicted molar refractivity (Wildman–Crippen MR) is 113 cm³/mol. The number of nitrogens with zero attached hydrogens (tertiary/aromatic N) is 1. The van der Waals surface area contributed by atoms with Gasteiger partial charge in [0.25, 0.3) is 10.0 Å². The SMILES string of the molecule is COc1cc(S(=O)(=O)Nc2ccc(CCc3cc(O)ccc3O)cc2)cnc1NN. The van der Waals surface area contributed by atoms with Crippen LogP contribution in [0, 0.1) is 0 Å². The molecular formula is C20H22N4O5S. The number of hydrogen-bond acceptors (Lipinski definition) is 8. The Labute approximate surface area is 174 Å². The zero-order valence-electron chi connectivity index (χ0n) is 16.2. The Bertz CT molecular complexity index is 1130. The Kier molecular flexibility index (Phi) is 6.28. The number of nitrogens with one attached hydrogen (secondary N) is 2. The Balaban J connectivity index is 1.69. The molecule has 3 rings (SSSR count). The minimum absolute atomic E-state index is 0.0678. The molecule has 0 atom stereocenters. The summed E-state index contributed by atoms with van der Waals surface area (Å²) in [6, 6.07) is 12.6. The molecule has 1 heterocycles. The number of rotatable bonds is 8. The van der Waals surface area contributed by atoms with Crippen LogP contribution in [0.1, 0.15) is 11.1 Å². The van der Waals surface area contributed by atoms with Gasteiger partial charge in [0.2, 0.25) is 0 Å². The molecule has 0 radical (unpaired) electrons.